The van der Waals surface area contributed by atoms with Crippen molar-refractivity contribution in [2.24, 2.45) is 0 Å². The summed E-state index contributed by atoms with van der Waals surface area (Å²) in [5, 5.41) is 8.39. The Morgan fingerprint density at radius 1 is 0.960 bits per heavy atom. The maximum Gasteiger partial charge on any atom is 0.247 e. The van der Waals surface area contributed by atoms with Crippen molar-refractivity contribution in [2.75, 3.05) is 92.6 Å². The van der Waals surface area contributed by atoms with E-state index in [1.807, 2.05) is 23.3 Å². The number of aromatic nitrogens is 2. The van der Waals surface area contributed by atoms with Crippen LogP contribution in [0.15, 0.2) is 61.4 Å². The fourth-order valence-electron chi connectivity index (χ4n) is 7.62. The molecule has 3 aromatic rings. The number of hydroxylamine groups is 1. The van der Waals surface area contributed by atoms with Gasteiger partial charge in [-0.3, -0.25) is 19.4 Å². The summed E-state index contributed by atoms with van der Waals surface area (Å²) in [5.74, 6) is 1.67. The molecule has 1 saturated carbocycles. The molecule has 0 bridgehead atoms. The van der Waals surface area contributed by atoms with E-state index in [0.717, 1.165) is 63.6 Å². The van der Waals surface area contributed by atoms with Crippen molar-refractivity contribution in [1.82, 2.24) is 19.8 Å². The number of hydrogen-bond acceptors (Lipinski definition) is 11. The highest BCUT2D eigenvalue weighted by molar-refractivity contribution is 6.02. The highest BCUT2D eigenvalue weighted by atomic mass is 16.7. The molecule has 3 aliphatic heterocycles. The Labute approximate surface area is 296 Å². The number of benzene rings is 2. The molecular weight excluding hydrogens is 630 g/mol. The zero-order valence-corrected chi connectivity index (χ0v) is 29.7. The monoisotopic (exact) mass is 681 g/mol. The number of nitrogens with zero attached hydrogens (tertiary/aromatic N) is 7. The summed E-state index contributed by atoms with van der Waals surface area (Å²) in [6, 6.07) is 16.0. The molecular formula is C38H51N9O3. The molecule has 12 nitrogen and oxygen atoms in total. The highest BCUT2D eigenvalue weighted by Crippen LogP contribution is 2.40. The summed E-state index contributed by atoms with van der Waals surface area (Å²) < 4.78 is 5.91. The van der Waals surface area contributed by atoms with Crippen molar-refractivity contribution in [1.29, 1.82) is 0 Å². The van der Waals surface area contributed by atoms with Gasteiger partial charge in [0.2, 0.25) is 5.91 Å². The van der Waals surface area contributed by atoms with Crippen molar-refractivity contribution in [2.45, 2.75) is 56.7 Å². The predicted molar refractivity (Wildman–Crippen MR) is 200 cm³/mol. The Kier molecular flexibility index (Phi) is 10.4. The topological polar surface area (TPSA) is 102 Å². The fourth-order valence-corrected chi connectivity index (χ4v) is 7.62. The van der Waals surface area contributed by atoms with Crippen LogP contribution in [0.5, 0.6) is 5.75 Å². The van der Waals surface area contributed by atoms with E-state index < -0.39 is 0 Å². The minimum absolute atomic E-state index is 0.140. The lowest BCUT2D eigenvalue weighted by molar-refractivity contribution is -0.111. The number of hydrogen-bond donors (Lipinski definition) is 2. The molecule has 1 unspecified atom stereocenters. The minimum Gasteiger partial charge on any atom is -0.494 e. The van der Waals surface area contributed by atoms with Gasteiger partial charge in [0.1, 0.15) is 17.9 Å². The van der Waals surface area contributed by atoms with E-state index in [-0.39, 0.29) is 11.9 Å². The molecule has 3 saturated heterocycles. The largest absolute Gasteiger partial charge is 0.494 e. The summed E-state index contributed by atoms with van der Waals surface area (Å²) in [6.07, 6.45) is 9.51. The van der Waals surface area contributed by atoms with E-state index in [0.29, 0.717) is 41.4 Å². The van der Waals surface area contributed by atoms with Gasteiger partial charge in [0.05, 0.1) is 36.8 Å². The van der Waals surface area contributed by atoms with Gasteiger partial charge in [0, 0.05) is 83.3 Å². The van der Waals surface area contributed by atoms with Crippen molar-refractivity contribution < 1.29 is 14.4 Å². The molecule has 1 atom stereocenters. The Hall–Kier alpha value is -4.39. The summed E-state index contributed by atoms with van der Waals surface area (Å²) in [7, 11) is 5.78. The molecule has 0 spiro atoms. The first kappa shape index (κ1) is 34.1. The first-order valence-electron chi connectivity index (χ1n) is 18.0. The van der Waals surface area contributed by atoms with Gasteiger partial charge in [0.25, 0.3) is 0 Å². The number of methoxy groups -OCH3 is 1. The van der Waals surface area contributed by atoms with E-state index in [1.54, 1.807) is 13.4 Å². The Morgan fingerprint density at radius 2 is 1.70 bits per heavy atom. The molecule has 2 N–H and O–H groups in total. The van der Waals surface area contributed by atoms with E-state index in [1.165, 1.54) is 43.3 Å². The van der Waals surface area contributed by atoms with Gasteiger partial charge in [-0.1, -0.05) is 18.7 Å². The zero-order chi connectivity index (χ0) is 34.6. The van der Waals surface area contributed by atoms with E-state index in [2.05, 4.69) is 85.1 Å². The second-order valence-electron chi connectivity index (χ2n) is 14.0. The van der Waals surface area contributed by atoms with E-state index in [9.17, 15) is 4.79 Å². The predicted octanol–water partition coefficient (Wildman–Crippen LogP) is 4.92. The van der Waals surface area contributed by atoms with Crippen LogP contribution < -0.4 is 30.2 Å². The van der Waals surface area contributed by atoms with Crippen LogP contribution in [0.1, 0.15) is 37.7 Å². The van der Waals surface area contributed by atoms with E-state index >= 15 is 0 Å². The maximum absolute atomic E-state index is 12.6. The molecule has 1 aliphatic carbocycles. The smallest absolute Gasteiger partial charge is 0.247 e. The minimum atomic E-state index is -0.261. The number of carbonyl (C=O) groups is 1. The van der Waals surface area contributed by atoms with Crippen LogP contribution in [0.4, 0.5) is 34.4 Å². The van der Waals surface area contributed by atoms with Gasteiger partial charge in [-0.05, 0) is 68.4 Å². The first-order chi connectivity index (χ1) is 24.4. The van der Waals surface area contributed by atoms with Crippen molar-refractivity contribution in [3.8, 4) is 5.75 Å². The molecule has 4 heterocycles. The summed E-state index contributed by atoms with van der Waals surface area (Å²) in [4.78, 5) is 37.7. The van der Waals surface area contributed by atoms with Gasteiger partial charge in [-0.2, -0.15) is 0 Å². The van der Waals surface area contributed by atoms with Crippen LogP contribution in [0.2, 0.25) is 0 Å². The number of ether oxygens (including phenoxy) is 1. The van der Waals surface area contributed by atoms with Gasteiger partial charge < -0.3 is 25.2 Å². The molecule has 4 fully saturated rings. The second-order valence-corrected chi connectivity index (χ2v) is 14.0. The Morgan fingerprint density at radius 3 is 2.38 bits per heavy atom. The molecule has 266 valence electrons. The number of amides is 1. The average Bonchev–Trinajstić information content (AvgIpc) is 3.90. The molecule has 7 rings (SSSR count). The quantitative estimate of drug-likeness (QED) is 0.255. The van der Waals surface area contributed by atoms with Crippen LogP contribution >= 0.6 is 0 Å². The van der Waals surface area contributed by atoms with Gasteiger partial charge in [-0.15, -0.1) is 0 Å². The van der Waals surface area contributed by atoms with Crippen LogP contribution in [0.25, 0.3) is 0 Å². The number of nitrogens with one attached hydrogen (secondary N) is 2. The number of piperazine rings is 1. The highest BCUT2D eigenvalue weighted by Gasteiger charge is 2.34. The molecule has 2 aromatic carbocycles. The number of piperidine rings is 1. The Balaban J connectivity index is 1.06. The third kappa shape index (κ3) is 7.82. The van der Waals surface area contributed by atoms with Crippen molar-refractivity contribution >= 4 is 40.3 Å². The maximum atomic E-state index is 12.6. The number of anilines is 6. The third-order valence-electron chi connectivity index (χ3n) is 10.5. The number of rotatable bonds is 12. The SMILES string of the molecule is C=CC(=O)Nc1cc(Nc2cc(N3OCCC3Cc3cccc(N(C)C)c3)ncn2)c(OC)cc1N1CCC(N2CCN(C3CC3)CC2)CC1. The van der Waals surface area contributed by atoms with Gasteiger partial charge >= 0.3 is 0 Å². The van der Waals surface area contributed by atoms with Crippen LogP contribution in [-0.4, -0.2) is 111 Å². The fraction of sp³-hybridized carbons (Fsp3) is 0.500. The average molecular weight is 682 g/mol. The lowest BCUT2D eigenvalue weighted by Gasteiger charge is -2.43. The van der Waals surface area contributed by atoms with Crippen LogP contribution in [0.3, 0.4) is 0 Å². The standard InChI is InChI=1S/C38H51N9O3/c1-5-38(48)42-32-23-33(35(49-4)24-34(32)46-14-11-29(12-15-46)45-18-16-44(17-19-45)28-9-10-28)41-36-25-37(40-26-39-36)47-31(13-20-50-47)22-27-7-6-8-30(21-27)43(2)3/h5-8,21,23-26,28-29,31H,1,9-20,22H2,2-4H3,(H,42,48)(H,39,40,41). The van der Waals surface area contributed by atoms with Crippen LogP contribution in [-0.2, 0) is 16.1 Å². The molecule has 12 heteroatoms. The van der Waals surface area contributed by atoms with Crippen molar-refractivity contribution in [3.05, 3.63) is 67.0 Å². The first-order valence-corrected chi connectivity index (χ1v) is 18.0. The molecule has 0 radical (unpaired) electrons. The molecule has 1 amide bonds. The molecule has 1 aromatic heterocycles. The van der Waals surface area contributed by atoms with Crippen molar-refractivity contribution in [3.63, 3.8) is 0 Å². The molecule has 4 aliphatic rings. The summed E-state index contributed by atoms with van der Waals surface area (Å²) in [6.45, 7) is 10.8. The van der Waals surface area contributed by atoms with Crippen LogP contribution in [0, 0.1) is 0 Å². The van der Waals surface area contributed by atoms with Gasteiger partial charge in [-0.25, -0.2) is 15.0 Å². The summed E-state index contributed by atoms with van der Waals surface area (Å²) in [5.41, 5.74) is 4.75. The molecule has 50 heavy (non-hydrogen) atoms. The van der Waals surface area contributed by atoms with Gasteiger partial charge in [0.15, 0.2) is 5.82 Å². The number of carbonyl (C=O) groups excluding carboxylic acids is 1. The van der Waals surface area contributed by atoms with E-state index in [4.69, 9.17) is 9.57 Å². The lowest BCUT2D eigenvalue weighted by Crippen LogP contribution is -2.53. The second kappa shape index (κ2) is 15.2. The third-order valence-corrected chi connectivity index (χ3v) is 10.5. The normalized spacial score (nSPS) is 20.5. The lowest BCUT2D eigenvalue weighted by atomic mass is 10.0. The Bertz CT molecular complexity index is 1650. The summed E-state index contributed by atoms with van der Waals surface area (Å²) >= 11 is 0. The zero-order valence-electron chi connectivity index (χ0n) is 29.7.